The molecule has 5 unspecified atom stereocenters. The van der Waals surface area contributed by atoms with E-state index in [1.54, 1.807) is 20.8 Å². The zero-order valence-electron chi connectivity index (χ0n) is 15.6. The number of rotatable bonds is 4. The van der Waals surface area contributed by atoms with Crippen molar-refractivity contribution < 1.29 is 32.0 Å². The van der Waals surface area contributed by atoms with Crippen LogP contribution in [0.4, 0.5) is 4.79 Å². The Morgan fingerprint density at radius 2 is 1.85 bits per heavy atom. The Bertz CT molecular complexity index is 728. The maximum atomic E-state index is 12.2. The molecule has 26 heavy (non-hydrogen) atoms. The fourth-order valence-electron chi connectivity index (χ4n) is 5.27. The second-order valence-corrected chi connectivity index (χ2v) is 10.8. The molecule has 148 valence electrons. The van der Waals surface area contributed by atoms with Gasteiger partial charge in [0.2, 0.25) is 0 Å². The van der Waals surface area contributed by atoms with Crippen molar-refractivity contribution in [3.05, 3.63) is 0 Å². The second kappa shape index (κ2) is 5.82. The van der Waals surface area contributed by atoms with Crippen molar-refractivity contribution in [3.63, 3.8) is 0 Å². The van der Waals surface area contributed by atoms with E-state index >= 15 is 0 Å². The third-order valence-electron chi connectivity index (χ3n) is 5.66. The largest absolute Gasteiger partial charge is 0.458 e. The van der Waals surface area contributed by atoms with Gasteiger partial charge in [-0.2, -0.15) is 8.42 Å². The van der Waals surface area contributed by atoms with Gasteiger partial charge in [-0.05, 0) is 58.8 Å². The normalized spacial score (nSPS) is 38.3. The summed E-state index contributed by atoms with van der Waals surface area (Å²) in [6.07, 6.45) is 2.34. The number of esters is 1. The molecule has 3 fully saturated rings. The van der Waals surface area contributed by atoms with Crippen molar-refractivity contribution >= 4 is 22.2 Å². The Hall–Kier alpha value is -1.35. The molecule has 8 nitrogen and oxygen atoms in total. The van der Waals surface area contributed by atoms with Gasteiger partial charge in [-0.3, -0.25) is 9.35 Å². The van der Waals surface area contributed by atoms with Crippen molar-refractivity contribution in [3.8, 4) is 0 Å². The Labute approximate surface area is 153 Å². The summed E-state index contributed by atoms with van der Waals surface area (Å²) < 4.78 is 41.7. The summed E-state index contributed by atoms with van der Waals surface area (Å²) >= 11 is 0. The highest BCUT2D eigenvalue weighted by atomic mass is 32.2. The van der Waals surface area contributed by atoms with Gasteiger partial charge in [-0.25, -0.2) is 4.79 Å². The molecule has 2 N–H and O–H groups in total. The van der Waals surface area contributed by atoms with E-state index in [1.165, 1.54) is 0 Å². The van der Waals surface area contributed by atoms with Crippen LogP contribution in [0, 0.1) is 17.8 Å². The van der Waals surface area contributed by atoms with Crippen LogP contribution < -0.4 is 5.32 Å². The van der Waals surface area contributed by atoms with E-state index in [0.717, 1.165) is 12.8 Å². The minimum absolute atomic E-state index is 0.210. The lowest BCUT2D eigenvalue weighted by Gasteiger charge is -2.70. The van der Waals surface area contributed by atoms with Crippen LogP contribution >= 0.6 is 0 Å². The molecule has 9 heteroatoms. The second-order valence-electron chi connectivity index (χ2n) is 9.32. The molecule has 0 aliphatic heterocycles. The summed E-state index contributed by atoms with van der Waals surface area (Å²) in [7, 11) is -4.43. The fraction of sp³-hybridized carbons (Fsp3) is 0.882. The van der Waals surface area contributed by atoms with Gasteiger partial charge in [0.25, 0.3) is 10.1 Å². The van der Waals surface area contributed by atoms with Gasteiger partial charge in [0.1, 0.15) is 11.2 Å². The number of hydrogen-bond donors (Lipinski definition) is 2. The van der Waals surface area contributed by atoms with E-state index in [-0.39, 0.29) is 5.92 Å². The van der Waals surface area contributed by atoms with Crippen LogP contribution in [-0.2, 0) is 24.4 Å². The summed E-state index contributed by atoms with van der Waals surface area (Å²) in [6.45, 7) is 7.25. The molecule has 0 aromatic rings. The van der Waals surface area contributed by atoms with Crippen LogP contribution in [0.2, 0.25) is 0 Å². The lowest BCUT2D eigenvalue weighted by atomic mass is 9.39. The van der Waals surface area contributed by atoms with Crippen molar-refractivity contribution in [2.45, 2.75) is 70.1 Å². The molecule has 0 bridgehead atoms. The number of ether oxygens (including phenoxy) is 2. The zero-order chi connectivity index (χ0) is 19.5. The molecular formula is C17H27NO7S. The van der Waals surface area contributed by atoms with Crippen molar-refractivity contribution in [1.82, 2.24) is 5.32 Å². The van der Waals surface area contributed by atoms with Crippen molar-refractivity contribution in [1.29, 1.82) is 0 Å². The monoisotopic (exact) mass is 389 g/mol. The molecule has 3 rings (SSSR count). The van der Waals surface area contributed by atoms with Gasteiger partial charge in [0, 0.05) is 17.9 Å². The maximum Gasteiger partial charge on any atom is 0.408 e. The third kappa shape index (κ3) is 3.83. The molecule has 5 atom stereocenters. The Kier molecular flexibility index (Phi) is 4.35. The Balaban J connectivity index is 1.71. The molecule has 0 radical (unpaired) electrons. The van der Waals surface area contributed by atoms with Gasteiger partial charge in [0.05, 0.1) is 0 Å². The topological polar surface area (TPSA) is 119 Å². The summed E-state index contributed by atoms with van der Waals surface area (Å²) in [6, 6.07) is 0. The van der Waals surface area contributed by atoms with E-state index in [1.807, 2.05) is 6.92 Å². The smallest absolute Gasteiger partial charge is 0.408 e. The van der Waals surface area contributed by atoms with Crippen molar-refractivity contribution in [2.75, 3.05) is 5.75 Å². The van der Waals surface area contributed by atoms with E-state index in [0.29, 0.717) is 24.7 Å². The molecule has 3 saturated carbocycles. The number of carbonyl (C=O) groups is 2. The first kappa shape index (κ1) is 19.4. The summed E-state index contributed by atoms with van der Waals surface area (Å²) in [4.78, 5) is 24.2. The number of nitrogens with one attached hydrogen (secondary N) is 1. The highest BCUT2D eigenvalue weighted by Crippen LogP contribution is 2.68. The van der Waals surface area contributed by atoms with Crippen LogP contribution in [0.3, 0.4) is 0 Å². The van der Waals surface area contributed by atoms with Crippen LogP contribution in [0.5, 0.6) is 0 Å². The molecule has 0 saturated heterocycles. The first-order chi connectivity index (χ1) is 11.7. The van der Waals surface area contributed by atoms with Crippen LogP contribution in [-0.4, -0.2) is 47.5 Å². The van der Waals surface area contributed by atoms with E-state index in [9.17, 15) is 18.0 Å². The number of carbonyl (C=O) groups excluding carboxylic acids is 2. The van der Waals surface area contributed by atoms with Crippen LogP contribution in [0.25, 0.3) is 0 Å². The molecular weight excluding hydrogens is 362 g/mol. The zero-order valence-corrected chi connectivity index (χ0v) is 16.4. The molecule has 3 aliphatic rings. The SMILES string of the molecule is CC1(NC(=O)OC(C)(C)C)CC2CC3CC(OC(=O)CS(=O)(=O)O)(C1)C23. The predicted octanol–water partition coefficient (Wildman–Crippen LogP) is 1.89. The molecule has 0 aromatic carbocycles. The quantitative estimate of drug-likeness (QED) is 0.556. The average molecular weight is 389 g/mol. The average Bonchev–Trinajstić information content (AvgIpc) is 2.28. The number of alkyl carbamates (subject to hydrolysis) is 1. The van der Waals surface area contributed by atoms with E-state index in [2.05, 4.69) is 5.32 Å². The molecule has 1 amide bonds. The maximum absolute atomic E-state index is 12.2. The number of amides is 1. The first-order valence-electron chi connectivity index (χ1n) is 8.89. The molecule has 3 aliphatic carbocycles. The van der Waals surface area contributed by atoms with E-state index in [4.69, 9.17) is 14.0 Å². The van der Waals surface area contributed by atoms with E-state index < -0.39 is 44.7 Å². The summed E-state index contributed by atoms with van der Waals surface area (Å²) in [5.74, 6) is -0.974. The van der Waals surface area contributed by atoms with Gasteiger partial charge >= 0.3 is 12.1 Å². The Morgan fingerprint density at radius 3 is 2.38 bits per heavy atom. The lowest BCUT2D eigenvalue weighted by molar-refractivity contribution is -0.269. The highest BCUT2D eigenvalue weighted by Gasteiger charge is 2.70. The lowest BCUT2D eigenvalue weighted by Crippen LogP contribution is -2.73. The fourth-order valence-corrected chi connectivity index (χ4v) is 5.62. The summed E-state index contributed by atoms with van der Waals surface area (Å²) in [5.41, 5.74) is -1.99. The van der Waals surface area contributed by atoms with Gasteiger partial charge in [-0.15, -0.1) is 0 Å². The number of hydrogen-bond acceptors (Lipinski definition) is 6. The third-order valence-corrected chi connectivity index (χ3v) is 6.26. The standard InChI is InChI=1S/C17H27NO7S/c1-15(2,3)25-14(20)18-16(4)6-10-5-11-7-17(9-16,13(10)11)24-12(19)8-26(21,22)23/h10-11,13H,5-9H2,1-4H3,(H,18,20)(H,21,22,23). The molecule has 0 heterocycles. The highest BCUT2D eigenvalue weighted by molar-refractivity contribution is 7.86. The predicted molar refractivity (Wildman–Crippen MR) is 92.0 cm³/mol. The Morgan fingerprint density at radius 1 is 1.23 bits per heavy atom. The van der Waals surface area contributed by atoms with Gasteiger partial charge < -0.3 is 14.8 Å². The van der Waals surface area contributed by atoms with Crippen LogP contribution in [0.1, 0.15) is 53.4 Å². The first-order valence-corrected chi connectivity index (χ1v) is 10.5. The minimum Gasteiger partial charge on any atom is -0.458 e. The van der Waals surface area contributed by atoms with Gasteiger partial charge in [-0.1, -0.05) is 0 Å². The van der Waals surface area contributed by atoms with Gasteiger partial charge in [0.15, 0.2) is 5.75 Å². The molecule has 0 aromatic heterocycles. The van der Waals surface area contributed by atoms with Crippen molar-refractivity contribution in [2.24, 2.45) is 17.8 Å². The minimum atomic E-state index is -4.43. The summed E-state index contributed by atoms with van der Waals surface area (Å²) in [5, 5.41) is 2.92. The molecule has 0 spiro atoms. The van der Waals surface area contributed by atoms with Crippen LogP contribution in [0.15, 0.2) is 0 Å².